The third kappa shape index (κ3) is 14.2. The van der Waals surface area contributed by atoms with Crippen molar-refractivity contribution in [3.63, 3.8) is 0 Å². The molecule has 0 bridgehead atoms. The van der Waals surface area contributed by atoms with Crippen molar-refractivity contribution in [1.82, 2.24) is 0 Å². The molecule has 0 saturated carbocycles. The number of hydrogen-bond donors (Lipinski definition) is 0. The van der Waals surface area contributed by atoms with Crippen LogP contribution in [0.1, 0.15) is 61.3 Å². The summed E-state index contributed by atoms with van der Waals surface area (Å²) >= 11 is 0. The van der Waals surface area contributed by atoms with Gasteiger partial charge in [-0.25, -0.2) is 0 Å². The number of rotatable bonds is 9. The van der Waals surface area contributed by atoms with Crippen molar-refractivity contribution in [2.24, 2.45) is 0 Å². The van der Waals surface area contributed by atoms with Gasteiger partial charge >= 0.3 is 49.4 Å². The molecule has 29 heteroatoms. The summed E-state index contributed by atoms with van der Waals surface area (Å²) in [5.74, 6) is 0. The lowest BCUT2D eigenvalue weighted by atomic mass is 9.12. The molecule has 0 saturated heterocycles. The molecule has 0 aliphatic rings. The van der Waals surface area contributed by atoms with Crippen molar-refractivity contribution in [3.05, 3.63) is 235 Å². The Morgan fingerprint density at radius 1 is 0.357 bits per heavy atom. The summed E-state index contributed by atoms with van der Waals surface area (Å²) in [5, 5.41) is 13.5. The zero-order valence-electron chi connectivity index (χ0n) is 41.4. The van der Waals surface area contributed by atoms with E-state index in [1.54, 1.807) is 12.1 Å². The van der Waals surface area contributed by atoms with Gasteiger partial charge in [-0.3, -0.25) is 10.1 Å². The Bertz CT molecular complexity index is 3290. The van der Waals surface area contributed by atoms with E-state index in [2.05, 4.69) is 41.1 Å². The van der Waals surface area contributed by atoms with Gasteiger partial charge in [0, 0.05) is 29.1 Å². The van der Waals surface area contributed by atoms with Gasteiger partial charge in [-0.1, -0.05) is 109 Å². The minimum Gasteiger partial charge on any atom is -0.258 e. The summed E-state index contributed by atoms with van der Waals surface area (Å²) in [6.07, 6.45) is -52.1. The highest BCUT2D eigenvalue weighted by atomic mass is 19.4. The average Bonchev–Trinajstić information content (AvgIpc) is 0.782. The van der Waals surface area contributed by atoms with Crippen LogP contribution in [0.25, 0.3) is 10.8 Å². The molecular formula is C55H31BF24N2O2. The van der Waals surface area contributed by atoms with E-state index in [0.29, 0.717) is 6.42 Å². The molecule has 0 aliphatic heterocycles. The van der Waals surface area contributed by atoms with E-state index in [0.717, 1.165) is 17.8 Å². The number of benzene rings is 7. The van der Waals surface area contributed by atoms with Crippen molar-refractivity contribution < 1.29 is 115 Å². The SMILES string of the molecule is FC(F)(F)c1cc([B-](c2cc(C(F)(F)F)cc(C(F)(F)F)c2)(c2cc(C(F)(F)F)cc(C(F)(F)F)c2)c2cc(C(F)(F)F)cc(C(F)(F)F)c2)cc(C(F)(F)F)c1.O=[N+]([O-])c1cccc(Cc2c3ccccc3cc[n+]2Cc2ccccc2)c1. The van der Waals surface area contributed by atoms with Crippen LogP contribution in [0.2, 0.25) is 0 Å². The zero-order valence-corrected chi connectivity index (χ0v) is 41.4. The third-order valence-corrected chi connectivity index (χ3v) is 13.2. The Hall–Kier alpha value is -8.27. The summed E-state index contributed by atoms with van der Waals surface area (Å²) in [4.78, 5) is 10.8. The van der Waals surface area contributed by atoms with Gasteiger partial charge in [-0.15, -0.1) is 0 Å². The first-order valence-corrected chi connectivity index (χ1v) is 23.5. The summed E-state index contributed by atoms with van der Waals surface area (Å²) in [5.41, 5.74) is -26.8. The Balaban J connectivity index is 0.000000309. The van der Waals surface area contributed by atoms with Crippen LogP contribution in [0, 0.1) is 10.1 Å². The summed E-state index contributed by atoms with van der Waals surface area (Å²) < 4.78 is 343. The molecular weight excluding hydrogens is 1190 g/mol. The lowest BCUT2D eigenvalue weighted by molar-refractivity contribution is -0.693. The topological polar surface area (TPSA) is 47.0 Å². The summed E-state index contributed by atoms with van der Waals surface area (Å²) in [6.45, 7) is 0.760. The molecule has 0 atom stereocenters. The number of nitro groups is 1. The molecule has 7 aromatic carbocycles. The largest absolute Gasteiger partial charge is 0.416 e. The van der Waals surface area contributed by atoms with Crippen molar-refractivity contribution in [3.8, 4) is 0 Å². The second-order valence-corrected chi connectivity index (χ2v) is 18.8. The summed E-state index contributed by atoms with van der Waals surface area (Å²) in [7, 11) is 0. The first-order chi connectivity index (χ1) is 38.5. The Morgan fingerprint density at radius 2 is 0.667 bits per heavy atom. The number of hydrogen-bond acceptors (Lipinski definition) is 2. The number of nitro benzene ring substituents is 1. The predicted octanol–water partition coefficient (Wildman–Crippen LogP) is 15.9. The first kappa shape index (κ1) is 63.3. The lowest BCUT2D eigenvalue weighted by Gasteiger charge is -2.46. The number of aromatic nitrogens is 1. The lowest BCUT2D eigenvalue weighted by Crippen LogP contribution is -2.75. The third-order valence-electron chi connectivity index (χ3n) is 13.2. The number of non-ortho nitro benzene ring substituents is 1. The van der Waals surface area contributed by atoms with Gasteiger partial charge in [0.1, 0.15) is 6.15 Å². The fourth-order valence-electron chi connectivity index (χ4n) is 9.49. The van der Waals surface area contributed by atoms with Gasteiger partial charge in [0.15, 0.2) is 18.4 Å². The molecule has 0 aliphatic carbocycles. The van der Waals surface area contributed by atoms with Crippen LogP contribution in [-0.2, 0) is 62.4 Å². The smallest absolute Gasteiger partial charge is 0.258 e. The monoisotopic (exact) mass is 1220 g/mol. The Morgan fingerprint density at radius 3 is 0.988 bits per heavy atom. The van der Waals surface area contributed by atoms with Crippen LogP contribution >= 0.6 is 0 Å². The van der Waals surface area contributed by atoms with Gasteiger partial charge in [0.25, 0.3) is 5.69 Å². The van der Waals surface area contributed by atoms with E-state index in [-0.39, 0.29) is 10.6 Å². The van der Waals surface area contributed by atoms with E-state index in [1.165, 1.54) is 22.4 Å². The number of fused-ring (bicyclic) bond motifs is 1. The van der Waals surface area contributed by atoms with Gasteiger partial charge in [0.05, 0.1) is 55.9 Å². The molecule has 0 spiro atoms. The molecule has 84 heavy (non-hydrogen) atoms. The number of alkyl halides is 24. The van der Waals surface area contributed by atoms with Crippen LogP contribution in [-0.4, -0.2) is 11.1 Å². The van der Waals surface area contributed by atoms with Crippen LogP contribution in [0.15, 0.2) is 164 Å². The molecule has 444 valence electrons. The molecule has 4 nitrogen and oxygen atoms in total. The zero-order chi connectivity index (χ0) is 62.6. The molecule has 8 aromatic rings. The molecule has 0 radical (unpaired) electrons. The average molecular weight is 1220 g/mol. The van der Waals surface area contributed by atoms with Crippen LogP contribution in [0.5, 0.6) is 0 Å². The second-order valence-electron chi connectivity index (χ2n) is 18.8. The second kappa shape index (κ2) is 22.4. The van der Waals surface area contributed by atoms with Crippen LogP contribution in [0.4, 0.5) is 111 Å². The number of nitrogens with zero attached hydrogens (tertiary/aromatic N) is 2. The van der Waals surface area contributed by atoms with Crippen molar-refractivity contribution in [2.75, 3.05) is 0 Å². The number of pyridine rings is 1. The highest BCUT2D eigenvalue weighted by Crippen LogP contribution is 2.42. The standard InChI is InChI=1S/C32H12BF24.C23H19N2O2/c34-25(35,36)13-1-14(26(37,38)39)6-21(5-13)33(22-7-15(27(40,41)42)2-16(8-22)28(43,44)45,23-9-17(29(46,47)48)3-18(10-23)30(49,50)51)24-11-19(31(52,53)54)4-20(12-24)32(55,56)57;26-25(27)21-11-6-9-19(15-21)16-23-22-12-5-4-10-20(22)13-14-24(23)17-18-7-2-1-3-8-18/h1-12H;1-15H,16-17H2/q-1;+1. The van der Waals surface area contributed by atoms with Crippen molar-refractivity contribution >= 4 is 44.5 Å². The quantitative estimate of drug-likeness (QED) is 0.0475. The molecule has 0 amide bonds. The van der Waals surface area contributed by atoms with Crippen LogP contribution < -0.4 is 26.4 Å². The van der Waals surface area contributed by atoms with Crippen molar-refractivity contribution in [1.29, 1.82) is 0 Å². The molecule has 8 rings (SSSR count). The van der Waals surface area contributed by atoms with E-state index in [9.17, 15) is 115 Å². The molecule has 1 aromatic heterocycles. The predicted molar refractivity (Wildman–Crippen MR) is 256 cm³/mol. The highest BCUT2D eigenvalue weighted by molar-refractivity contribution is 7.20. The minimum atomic E-state index is -6.13. The molecule has 0 unspecified atom stereocenters. The molecule has 0 N–H and O–H groups in total. The fraction of sp³-hybridized carbons (Fsp3) is 0.182. The molecule has 1 heterocycles. The first-order valence-electron chi connectivity index (χ1n) is 23.5. The summed E-state index contributed by atoms with van der Waals surface area (Å²) in [6, 6.07) is 18.8. The van der Waals surface area contributed by atoms with E-state index in [1.807, 2.05) is 36.4 Å². The fourth-order valence-corrected chi connectivity index (χ4v) is 9.49. The van der Waals surface area contributed by atoms with E-state index in [4.69, 9.17) is 0 Å². The van der Waals surface area contributed by atoms with E-state index < -0.39 is 195 Å². The number of halogens is 24. The van der Waals surface area contributed by atoms with Gasteiger partial charge < -0.3 is 0 Å². The van der Waals surface area contributed by atoms with Gasteiger partial charge in [-0.2, -0.15) is 132 Å². The Kier molecular flexibility index (Phi) is 16.9. The maximum absolute atomic E-state index is 14.2. The minimum absolute atomic E-state index is 0.127. The van der Waals surface area contributed by atoms with E-state index >= 15 is 0 Å². The van der Waals surface area contributed by atoms with Gasteiger partial charge in [-0.05, 0) is 41.3 Å². The van der Waals surface area contributed by atoms with Crippen LogP contribution in [0.3, 0.4) is 0 Å². The maximum Gasteiger partial charge on any atom is 0.416 e. The van der Waals surface area contributed by atoms with Crippen molar-refractivity contribution in [2.45, 2.75) is 62.4 Å². The Labute approximate surface area is 456 Å². The molecule has 0 fully saturated rings. The van der Waals surface area contributed by atoms with Gasteiger partial charge in [0.2, 0.25) is 0 Å². The highest BCUT2D eigenvalue weighted by Gasteiger charge is 2.47. The maximum atomic E-state index is 14.2. The normalized spacial score (nSPS) is 13.2.